The molecule has 0 bridgehead atoms. The van der Waals surface area contributed by atoms with Crippen LogP contribution in [0.3, 0.4) is 0 Å². The fourth-order valence-corrected chi connectivity index (χ4v) is 2.34. The van der Waals surface area contributed by atoms with E-state index in [1.807, 2.05) is 0 Å². The van der Waals surface area contributed by atoms with Gasteiger partial charge < -0.3 is 9.73 Å². The molecule has 7 heteroatoms. The van der Waals surface area contributed by atoms with Crippen molar-refractivity contribution >= 4 is 39.8 Å². The Kier molecular flexibility index (Phi) is 3.75. The van der Waals surface area contributed by atoms with E-state index >= 15 is 0 Å². The average molecular weight is 331 g/mol. The number of fused-ring (bicyclic) bond motifs is 1. The summed E-state index contributed by atoms with van der Waals surface area (Å²) >= 11 is 5.81. The molecule has 0 fully saturated rings. The number of hydrogen-bond acceptors (Lipinski definition) is 5. The molecule has 6 nitrogen and oxygen atoms in total. The van der Waals surface area contributed by atoms with Gasteiger partial charge in [-0.15, -0.1) is 0 Å². The van der Waals surface area contributed by atoms with Gasteiger partial charge in [0.15, 0.2) is 0 Å². The molecule has 1 aromatic heterocycles. The van der Waals surface area contributed by atoms with E-state index in [1.54, 1.807) is 49.4 Å². The summed E-state index contributed by atoms with van der Waals surface area (Å²) in [5.74, 6) is -0.210. The lowest BCUT2D eigenvalue weighted by molar-refractivity contribution is -0.385. The summed E-state index contributed by atoms with van der Waals surface area (Å²) in [6.45, 7) is 1.80. The van der Waals surface area contributed by atoms with Crippen LogP contribution in [0, 0.1) is 17.0 Å². The summed E-state index contributed by atoms with van der Waals surface area (Å²) in [4.78, 5) is 23.0. The Balaban J connectivity index is 2.20. The smallest absolute Gasteiger partial charge is 0.376 e. The predicted molar refractivity (Wildman–Crippen MR) is 88.6 cm³/mol. The van der Waals surface area contributed by atoms with Gasteiger partial charge >= 0.3 is 5.69 Å². The Bertz CT molecular complexity index is 964. The molecular weight excluding hydrogens is 320 g/mol. The Labute approximate surface area is 135 Å². The van der Waals surface area contributed by atoms with Crippen LogP contribution in [0.5, 0.6) is 0 Å². The maximum atomic E-state index is 12.4. The molecule has 1 N–H and O–H groups in total. The van der Waals surface area contributed by atoms with E-state index < -0.39 is 16.0 Å². The highest BCUT2D eigenvalue weighted by molar-refractivity contribution is 6.30. The highest BCUT2D eigenvalue weighted by atomic mass is 35.5. The van der Waals surface area contributed by atoms with Crippen LogP contribution in [-0.2, 0) is 0 Å². The number of aryl methyl sites for hydroxylation is 1. The quantitative estimate of drug-likeness (QED) is 0.568. The summed E-state index contributed by atoms with van der Waals surface area (Å²) < 4.78 is 5.54. The van der Waals surface area contributed by atoms with Gasteiger partial charge in [-0.3, -0.25) is 14.9 Å². The van der Waals surface area contributed by atoms with E-state index in [0.717, 1.165) is 5.56 Å². The fourth-order valence-electron chi connectivity index (χ4n) is 2.21. The SMILES string of the molecule is Cc1ccc2oc(Nc3ccc(Cl)cc3)c([N+](=O)[O-])c(=O)c2c1. The first-order valence-corrected chi connectivity index (χ1v) is 7.08. The maximum absolute atomic E-state index is 12.4. The highest BCUT2D eigenvalue weighted by Crippen LogP contribution is 2.29. The zero-order valence-electron chi connectivity index (χ0n) is 12.0. The maximum Gasteiger partial charge on any atom is 0.376 e. The van der Waals surface area contributed by atoms with E-state index in [1.165, 1.54) is 0 Å². The predicted octanol–water partition coefficient (Wildman–Crippen LogP) is 4.41. The van der Waals surface area contributed by atoms with Crippen LogP contribution in [-0.4, -0.2) is 4.92 Å². The van der Waals surface area contributed by atoms with Crippen molar-refractivity contribution in [3.8, 4) is 0 Å². The molecule has 23 heavy (non-hydrogen) atoms. The molecule has 0 aliphatic heterocycles. The Morgan fingerprint density at radius 2 is 1.87 bits per heavy atom. The second kappa shape index (κ2) is 5.73. The van der Waals surface area contributed by atoms with Gasteiger partial charge in [-0.25, -0.2) is 0 Å². The second-order valence-corrected chi connectivity index (χ2v) is 5.43. The Hall–Kier alpha value is -2.86. The molecule has 0 radical (unpaired) electrons. The van der Waals surface area contributed by atoms with Crippen LogP contribution in [0.15, 0.2) is 51.7 Å². The third kappa shape index (κ3) is 2.89. The minimum absolute atomic E-state index is 0.179. The van der Waals surface area contributed by atoms with E-state index in [4.69, 9.17) is 16.0 Å². The molecule has 3 aromatic rings. The zero-order valence-corrected chi connectivity index (χ0v) is 12.8. The lowest BCUT2D eigenvalue weighted by atomic mass is 10.1. The zero-order chi connectivity index (χ0) is 16.6. The number of halogens is 1. The number of nitro groups is 1. The van der Waals surface area contributed by atoms with Crippen molar-refractivity contribution in [1.29, 1.82) is 0 Å². The van der Waals surface area contributed by atoms with Crippen molar-refractivity contribution in [3.63, 3.8) is 0 Å². The van der Waals surface area contributed by atoms with Crippen LogP contribution in [0.2, 0.25) is 5.02 Å². The third-order valence-electron chi connectivity index (χ3n) is 3.31. The van der Waals surface area contributed by atoms with Crippen molar-refractivity contribution in [2.45, 2.75) is 6.92 Å². The van der Waals surface area contributed by atoms with Gasteiger partial charge in [0.1, 0.15) is 5.58 Å². The molecule has 0 aliphatic rings. The van der Waals surface area contributed by atoms with Gasteiger partial charge in [-0.2, -0.15) is 0 Å². The molecular formula is C16H11ClN2O4. The number of nitrogens with one attached hydrogen (secondary N) is 1. The minimum Gasteiger partial charge on any atom is -0.434 e. The number of hydrogen-bond donors (Lipinski definition) is 1. The molecule has 0 aliphatic carbocycles. The first kappa shape index (κ1) is 15.1. The summed E-state index contributed by atoms with van der Waals surface area (Å²) in [6.07, 6.45) is 0. The van der Waals surface area contributed by atoms with Gasteiger partial charge in [0.2, 0.25) is 0 Å². The van der Waals surface area contributed by atoms with Crippen LogP contribution >= 0.6 is 11.6 Å². The molecule has 0 spiro atoms. The summed E-state index contributed by atoms with van der Waals surface area (Å²) in [7, 11) is 0. The topological polar surface area (TPSA) is 85.4 Å². The lowest BCUT2D eigenvalue weighted by Crippen LogP contribution is -2.11. The molecule has 0 saturated carbocycles. The van der Waals surface area contributed by atoms with Crippen molar-refractivity contribution in [2.75, 3.05) is 5.32 Å². The largest absolute Gasteiger partial charge is 0.434 e. The number of rotatable bonds is 3. The second-order valence-electron chi connectivity index (χ2n) is 5.00. The molecule has 1 heterocycles. The molecule has 3 rings (SSSR count). The van der Waals surface area contributed by atoms with E-state index in [-0.39, 0.29) is 16.9 Å². The van der Waals surface area contributed by atoms with E-state index in [0.29, 0.717) is 10.7 Å². The number of benzene rings is 2. The molecule has 0 saturated heterocycles. The van der Waals surface area contributed by atoms with Gasteiger partial charge in [0.05, 0.1) is 10.3 Å². The molecule has 2 aromatic carbocycles. The molecule has 116 valence electrons. The lowest BCUT2D eigenvalue weighted by Gasteiger charge is -2.07. The van der Waals surface area contributed by atoms with E-state index in [2.05, 4.69) is 5.32 Å². The van der Waals surface area contributed by atoms with Gasteiger partial charge in [0.25, 0.3) is 11.3 Å². The summed E-state index contributed by atoms with van der Waals surface area (Å²) in [6, 6.07) is 11.5. The van der Waals surface area contributed by atoms with Crippen molar-refractivity contribution in [1.82, 2.24) is 0 Å². The molecule has 0 unspecified atom stereocenters. The van der Waals surface area contributed by atoms with Crippen LogP contribution in [0.4, 0.5) is 17.3 Å². The van der Waals surface area contributed by atoms with E-state index in [9.17, 15) is 14.9 Å². The molecule has 0 atom stereocenters. The summed E-state index contributed by atoms with van der Waals surface area (Å²) in [5, 5.41) is 14.8. The first-order valence-electron chi connectivity index (χ1n) is 6.70. The van der Waals surface area contributed by atoms with Crippen molar-refractivity contribution < 1.29 is 9.34 Å². The first-order chi connectivity index (χ1) is 11.0. The van der Waals surface area contributed by atoms with Crippen molar-refractivity contribution in [2.24, 2.45) is 0 Å². The monoisotopic (exact) mass is 330 g/mol. The van der Waals surface area contributed by atoms with Gasteiger partial charge in [-0.05, 0) is 43.3 Å². The molecule has 0 amide bonds. The summed E-state index contributed by atoms with van der Waals surface area (Å²) in [5.41, 5.74) is 0.307. The normalized spacial score (nSPS) is 10.7. The van der Waals surface area contributed by atoms with Crippen LogP contribution in [0.25, 0.3) is 11.0 Å². The number of nitrogens with zero attached hydrogens (tertiary/aromatic N) is 1. The van der Waals surface area contributed by atoms with Crippen molar-refractivity contribution in [3.05, 3.63) is 73.4 Å². The Morgan fingerprint density at radius 3 is 2.52 bits per heavy atom. The fraction of sp³-hybridized carbons (Fsp3) is 0.0625. The standard InChI is InChI=1S/C16H11ClN2O4/c1-9-2-7-13-12(8-9)15(20)14(19(21)22)16(23-13)18-11-5-3-10(17)4-6-11/h2-8,18H,1H3. The highest BCUT2D eigenvalue weighted by Gasteiger charge is 2.25. The number of anilines is 2. The van der Waals surface area contributed by atoms with Crippen LogP contribution in [0.1, 0.15) is 5.56 Å². The minimum atomic E-state index is -0.744. The van der Waals surface area contributed by atoms with Gasteiger partial charge in [0, 0.05) is 10.7 Å². The van der Waals surface area contributed by atoms with Crippen LogP contribution < -0.4 is 10.7 Å². The average Bonchev–Trinajstić information content (AvgIpc) is 2.50. The third-order valence-corrected chi connectivity index (χ3v) is 3.56. The Morgan fingerprint density at radius 1 is 1.17 bits per heavy atom. The van der Waals surface area contributed by atoms with Gasteiger partial charge in [-0.1, -0.05) is 23.2 Å².